The average molecular weight is 487 g/mol. The highest BCUT2D eigenvalue weighted by Crippen LogP contribution is 2.39. The van der Waals surface area contributed by atoms with Gasteiger partial charge >= 0.3 is 0 Å². The van der Waals surface area contributed by atoms with Gasteiger partial charge < -0.3 is 0 Å². The van der Waals surface area contributed by atoms with Crippen molar-refractivity contribution in [3.8, 4) is 16.9 Å². The first-order valence-electron chi connectivity index (χ1n) is 12.1. The Kier molecular flexibility index (Phi) is 5.91. The minimum absolute atomic E-state index is 0.186. The van der Waals surface area contributed by atoms with Gasteiger partial charge in [-0.1, -0.05) is 66.7 Å². The summed E-state index contributed by atoms with van der Waals surface area (Å²) in [5.41, 5.74) is 5.54. The second kappa shape index (κ2) is 9.66. The minimum Gasteiger partial charge on any atom is -0.267 e. The Balaban J connectivity index is 1.49. The van der Waals surface area contributed by atoms with Gasteiger partial charge in [-0.3, -0.25) is 4.79 Å². The van der Waals surface area contributed by atoms with Crippen LogP contribution >= 0.6 is 0 Å². The number of carbonyl (C=O) groups excluding carboxylic acids is 1. The lowest BCUT2D eigenvalue weighted by Crippen LogP contribution is -2.27. The highest BCUT2D eigenvalue weighted by atomic mass is 19.1. The normalized spacial score (nSPS) is 15.0. The van der Waals surface area contributed by atoms with E-state index in [1.807, 2.05) is 85.1 Å². The second-order valence-electron chi connectivity index (χ2n) is 8.87. The molecule has 5 aromatic rings. The van der Waals surface area contributed by atoms with Crippen LogP contribution in [0.1, 0.15) is 33.9 Å². The van der Waals surface area contributed by atoms with Gasteiger partial charge in [-0.2, -0.15) is 10.2 Å². The summed E-state index contributed by atoms with van der Waals surface area (Å²) in [4.78, 5) is 13.7. The molecule has 0 N–H and O–H groups in total. The number of benzene rings is 4. The molecule has 5 nitrogen and oxygen atoms in total. The zero-order chi connectivity index (χ0) is 25.2. The number of amides is 1. The van der Waals surface area contributed by atoms with E-state index >= 15 is 0 Å². The number of rotatable bonds is 5. The van der Waals surface area contributed by atoms with E-state index in [1.165, 1.54) is 12.1 Å². The molecule has 6 heteroatoms. The Morgan fingerprint density at radius 3 is 2.05 bits per heavy atom. The van der Waals surface area contributed by atoms with E-state index in [4.69, 9.17) is 10.2 Å². The van der Waals surface area contributed by atoms with Crippen molar-refractivity contribution in [3.05, 3.63) is 144 Å². The van der Waals surface area contributed by atoms with Crippen molar-refractivity contribution in [2.45, 2.75) is 12.5 Å². The van der Waals surface area contributed by atoms with Crippen LogP contribution in [0, 0.1) is 5.82 Å². The van der Waals surface area contributed by atoms with Crippen LogP contribution in [-0.2, 0) is 0 Å². The largest absolute Gasteiger partial charge is 0.274 e. The first kappa shape index (κ1) is 22.6. The standard InChI is InChI=1S/C31H23FN4O/c32-25-18-16-23(17-19-25)30-27(21-35(34-30)26-14-8-3-9-15-26)29-20-28(22-10-4-1-5-11-22)33-36(29)31(37)24-12-6-2-7-13-24/h1-19,21,29H,20H2. The lowest BCUT2D eigenvalue weighted by atomic mass is 9.96. The number of halogens is 1. The highest BCUT2D eigenvalue weighted by Gasteiger charge is 2.36. The molecule has 4 aromatic carbocycles. The number of hydrazone groups is 1. The maximum atomic E-state index is 13.8. The van der Waals surface area contributed by atoms with Crippen LogP contribution in [0.3, 0.4) is 0 Å². The predicted octanol–water partition coefficient (Wildman–Crippen LogP) is 6.67. The van der Waals surface area contributed by atoms with Crippen LogP contribution in [0.2, 0.25) is 0 Å². The molecule has 180 valence electrons. The molecule has 6 rings (SSSR count). The third-order valence-corrected chi connectivity index (χ3v) is 6.49. The van der Waals surface area contributed by atoms with E-state index in [2.05, 4.69) is 0 Å². The van der Waals surface area contributed by atoms with Crippen molar-refractivity contribution in [1.29, 1.82) is 0 Å². The van der Waals surface area contributed by atoms with Gasteiger partial charge in [0.25, 0.3) is 5.91 Å². The molecule has 0 spiro atoms. The molecular weight excluding hydrogens is 463 g/mol. The van der Waals surface area contributed by atoms with Gasteiger partial charge in [-0.15, -0.1) is 0 Å². The number of nitrogens with zero attached hydrogens (tertiary/aromatic N) is 4. The zero-order valence-corrected chi connectivity index (χ0v) is 19.9. The summed E-state index contributed by atoms with van der Waals surface area (Å²) in [6.07, 6.45) is 2.48. The molecule has 0 aliphatic carbocycles. The van der Waals surface area contributed by atoms with Crippen molar-refractivity contribution < 1.29 is 9.18 Å². The van der Waals surface area contributed by atoms with Crippen LogP contribution in [0.4, 0.5) is 4.39 Å². The van der Waals surface area contributed by atoms with Crippen LogP contribution in [0.5, 0.6) is 0 Å². The SMILES string of the molecule is O=C(c1ccccc1)N1N=C(c2ccccc2)CC1c1cn(-c2ccccc2)nc1-c1ccc(F)cc1. The summed E-state index contributed by atoms with van der Waals surface area (Å²) < 4.78 is 15.6. The maximum absolute atomic E-state index is 13.8. The smallest absolute Gasteiger partial charge is 0.267 e. The van der Waals surface area contributed by atoms with Crippen LogP contribution < -0.4 is 0 Å². The van der Waals surface area contributed by atoms with Gasteiger partial charge in [0.05, 0.1) is 23.1 Å². The molecule has 37 heavy (non-hydrogen) atoms. The summed E-state index contributed by atoms with van der Waals surface area (Å²) >= 11 is 0. The lowest BCUT2D eigenvalue weighted by Gasteiger charge is -2.22. The molecule has 1 aromatic heterocycles. The third-order valence-electron chi connectivity index (χ3n) is 6.49. The summed E-state index contributed by atoms with van der Waals surface area (Å²) in [7, 11) is 0. The van der Waals surface area contributed by atoms with Crippen LogP contribution in [0.15, 0.2) is 127 Å². The van der Waals surface area contributed by atoms with Crippen molar-refractivity contribution in [2.24, 2.45) is 5.10 Å². The van der Waals surface area contributed by atoms with Crippen LogP contribution in [-0.4, -0.2) is 26.4 Å². The molecule has 0 radical (unpaired) electrons. The monoisotopic (exact) mass is 486 g/mol. The molecule has 1 atom stereocenters. The number of hydrogen-bond donors (Lipinski definition) is 0. The molecule has 0 saturated heterocycles. The zero-order valence-electron chi connectivity index (χ0n) is 19.9. The third kappa shape index (κ3) is 4.45. The second-order valence-corrected chi connectivity index (χ2v) is 8.87. The van der Waals surface area contributed by atoms with E-state index in [0.29, 0.717) is 17.7 Å². The number of carbonyl (C=O) groups is 1. The fourth-order valence-electron chi connectivity index (χ4n) is 4.63. The van der Waals surface area contributed by atoms with Crippen LogP contribution in [0.25, 0.3) is 16.9 Å². The molecular formula is C31H23FN4O. The van der Waals surface area contributed by atoms with Gasteiger partial charge in [0.15, 0.2) is 0 Å². The van der Waals surface area contributed by atoms with E-state index in [-0.39, 0.29) is 17.8 Å². The average Bonchev–Trinajstić information content (AvgIpc) is 3.60. The molecule has 0 bridgehead atoms. The van der Waals surface area contributed by atoms with E-state index in [0.717, 1.165) is 28.1 Å². The molecule has 1 unspecified atom stereocenters. The highest BCUT2D eigenvalue weighted by molar-refractivity contribution is 6.05. The van der Waals surface area contributed by atoms with Crippen molar-refractivity contribution in [1.82, 2.24) is 14.8 Å². The van der Waals surface area contributed by atoms with E-state index in [1.54, 1.807) is 34.0 Å². The Morgan fingerprint density at radius 1 is 0.757 bits per heavy atom. The van der Waals surface area contributed by atoms with Crippen molar-refractivity contribution in [3.63, 3.8) is 0 Å². The summed E-state index contributed by atoms with van der Waals surface area (Å²) in [5, 5.41) is 11.3. The Morgan fingerprint density at radius 2 is 1.38 bits per heavy atom. The summed E-state index contributed by atoms with van der Waals surface area (Å²) in [6.45, 7) is 0. The number of para-hydroxylation sites is 1. The first-order chi connectivity index (χ1) is 18.2. The summed E-state index contributed by atoms with van der Waals surface area (Å²) in [5.74, 6) is -0.502. The fourth-order valence-corrected chi connectivity index (χ4v) is 4.63. The van der Waals surface area contributed by atoms with Gasteiger partial charge in [0.2, 0.25) is 0 Å². The Hall–Kier alpha value is -4.84. The lowest BCUT2D eigenvalue weighted by molar-refractivity contribution is 0.0711. The van der Waals surface area contributed by atoms with Gasteiger partial charge in [-0.05, 0) is 54.1 Å². The molecule has 1 aliphatic heterocycles. The molecule has 0 fully saturated rings. The predicted molar refractivity (Wildman–Crippen MR) is 142 cm³/mol. The topological polar surface area (TPSA) is 50.5 Å². The van der Waals surface area contributed by atoms with E-state index in [9.17, 15) is 9.18 Å². The van der Waals surface area contributed by atoms with Gasteiger partial charge in [0, 0.05) is 29.3 Å². The summed E-state index contributed by atoms with van der Waals surface area (Å²) in [6, 6.07) is 34.7. The number of hydrogen-bond acceptors (Lipinski definition) is 3. The molecule has 2 heterocycles. The maximum Gasteiger partial charge on any atom is 0.274 e. The van der Waals surface area contributed by atoms with Gasteiger partial charge in [-0.25, -0.2) is 14.1 Å². The quantitative estimate of drug-likeness (QED) is 0.279. The minimum atomic E-state index is -0.388. The molecule has 0 saturated carbocycles. The van der Waals surface area contributed by atoms with E-state index < -0.39 is 0 Å². The van der Waals surface area contributed by atoms with Crippen molar-refractivity contribution >= 4 is 11.6 Å². The Bertz CT molecular complexity index is 1560. The molecule has 1 amide bonds. The fraction of sp³-hybridized carbons (Fsp3) is 0.0645. The first-order valence-corrected chi connectivity index (χ1v) is 12.1. The number of aromatic nitrogens is 2. The Labute approximate surface area is 214 Å². The van der Waals surface area contributed by atoms with Gasteiger partial charge in [0.1, 0.15) is 5.82 Å². The van der Waals surface area contributed by atoms with Crippen molar-refractivity contribution in [2.75, 3.05) is 0 Å². The molecule has 1 aliphatic rings.